The number of ether oxygens (including phenoxy) is 1. The van der Waals surface area contributed by atoms with E-state index in [2.05, 4.69) is 25.5 Å². The molecule has 8 nitrogen and oxygen atoms in total. The summed E-state index contributed by atoms with van der Waals surface area (Å²) in [6.45, 7) is 6.54. The zero-order valence-electron chi connectivity index (χ0n) is 24.1. The van der Waals surface area contributed by atoms with E-state index in [0.717, 1.165) is 11.6 Å². The lowest BCUT2D eigenvalue weighted by Gasteiger charge is -2.32. The van der Waals surface area contributed by atoms with E-state index in [4.69, 9.17) is 4.74 Å². The molecule has 13 heteroatoms. The summed E-state index contributed by atoms with van der Waals surface area (Å²) in [5.74, 6) is -0.0224. The van der Waals surface area contributed by atoms with Crippen molar-refractivity contribution in [2.24, 2.45) is 0 Å². The molecule has 232 valence electrons. The molecule has 1 aliphatic rings. The number of likely N-dealkylation sites (tertiary alicyclic amines) is 1. The first-order valence-electron chi connectivity index (χ1n) is 13.5. The van der Waals surface area contributed by atoms with Crippen LogP contribution in [0, 0.1) is 0 Å². The Kier molecular flexibility index (Phi) is 9.01. The third-order valence-corrected chi connectivity index (χ3v) is 10.6. The van der Waals surface area contributed by atoms with E-state index in [1.165, 1.54) is 31.4 Å². The van der Waals surface area contributed by atoms with E-state index >= 15 is 0 Å². The van der Waals surface area contributed by atoms with Gasteiger partial charge in [0.1, 0.15) is 5.75 Å². The zero-order valence-corrected chi connectivity index (χ0v) is 25.7. The number of sulfone groups is 1. The minimum Gasteiger partial charge on any atom is -0.497 e. The van der Waals surface area contributed by atoms with Gasteiger partial charge in [0, 0.05) is 24.7 Å². The van der Waals surface area contributed by atoms with E-state index in [1.54, 1.807) is 17.0 Å². The molecule has 0 unspecified atom stereocenters. The van der Waals surface area contributed by atoms with Crippen molar-refractivity contribution in [2.45, 2.75) is 65.9 Å². The number of benzene rings is 3. The highest BCUT2D eigenvalue weighted by molar-refractivity contribution is 7.91. The van der Waals surface area contributed by atoms with Gasteiger partial charge in [0.15, 0.2) is 0 Å². The molecule has 0 aromatic heterocycles. The predicted octanol–water partition coefficient (Wildman–Crippen LogP) is 5.43. The number of amides is 1. The standard InChI is InChI=1S/C30H33F3N2O6S2/c1-29(2,3)21-10-8-20(9-11-21)28(36)35-16-14-22(15-17-35)34-43(39,40)27-19-25(12-13-26(27)30(31,32)33)42(37,38)24-7-5-6-23(18-24)41-4/h5-13,18-19,22,34H,14-17H2,1-4H3. The Hall–Kier alpha value is -3.42. The molecule has 1 N–H and O–H groups in total. The molecule has 0 atom stereocenters. The van der Waals surface area contributed by atoms with Gasteiger partial charge in [-0.05, 0) is 72.4 Å². The van der Waals surface area contributed by atoms with Gasteiger partial charge in [0.05, 0.1) is 27.4 Å². The van der Waals surface area contributed by atoms with Crippen LogP contribution in [0.1, 0.15) is 55.1 Å². The summed E-state index contributed by atoms with van der Waals surface area (Å²) < 4.78 is 102. The number of piperidine rings is 1. The average Bonchev–Trinajstić information content (AvgIpc) is 2.96. The van der Waals surface area contributed by atoms with Crippen molar-refractivity contribution < 1.29 is 39.5 Å². The zero-order chi connectivity index (χ0) is 31.8. The molecular weight excluding hydrogens is 605 g/mol. The molecule has 0 bridgehead atoms. The van der Waals surface area contributed by atoms with Crippen LogP contribution in [0.25, 0.3) is 0 Å². The Labute approximate surface area is 249 Å². The van der Waals surface area contributed by atoms with Crippen molar-refractivity contribution in [2.75, 3.05) is 20.2 Å². The number of carbonyl (C=O) groups is 1. The first-order chi connectivity index (χ1) is 19.9. The third-order valence-electron chi connectivity index (χ3n) is 7.31. The largest absolute Gasteiger partial charge is 0.497 e. The van der Waals surface area contributed by atoms with Crippen LogP contribution in [0.3, 0.4) is 0 Å². The second kappa shape index (κ2) is 11.9. The molecular formula is C30H33F3N2O6S2. The molecule has 0 saturated carbocycles. The van der Waals surface area contributed by atoms with Gasteiger partial charge in [-0.15, -0.1) is 0 Å². The quantitative estimate of drug-likeness (QED) is 0.370. The van der Waals surface area contributed by atoms with E-state index in [0.29, 0.717) is 17.7 Å². The van der Waals surface area contributed by atoms with Gasteiger partial charge >= 0.3 is 6.18 Å². The van der Waals surface area contributed by atoms with Crippen LogP contribution >= 0.6 is 0 Å². The first kappa shape index (κ1) is 32.5. The number of nitrogens with zero attached hydrogens (tertiary/aromatic N) is 1. The number of hydrogen-bond acceptors (Lipinski definition) is 6. The topological polar surface area (TPSA) is 110 Å². The molecule has 4 rings (SSSR count). The van der Waals surface area contributed by atoms with Gasteiger partial charge < -0.3 is 9.64 Å². The van der Waals surface area contributed by atoms with Crippen molar-refractivity contribution in [3.8, 4) is 5.75 Å². The fourth-order valence-corrected chi connectivity index (χ4v) is 7.76. The average molecular weight is 639 g/mol. The number of alkyl halides is 3. The highest BCUT2D eigenvalue weighted by atomic mass is 32.2. The second-order valence-corrected chi connectivity index (χ2v) is 15.0. The summed E-state index contributed by atoms with van der Waals surface area (Å²) >= 11 is 0. The fraction of sp³-hybridized carbons (Fsp3) is 0.367. The fourth-order valence-electron chi connectivity index (χ4n) is 4.81. The molecule has 1 amide bonds. The van der Waals surface area contributed by atoms with Gasteiger partial charge in [-0.2, -0.15) is 13.2 Å². The van der Waals surface area contributed by atoms with Gasteiger partial charge in [-0.1, -0.05) is 39.0 Å². The SMILES string of the molecule is COc1cccc(S(=O)(=O)c2ccc(C(F)(F)F)c(S(=O)(=O)NC3CCN(C(=O)c4ccc(C(C)(C)C)cc4)CC3)c2)c1. The second-order valence-electron chi connectivity index (χ2n) is 11.4. The number of methoxy groups -OCH3 is 1. The third kappa shape index (κ3) is 7.22. The molecule has 0 radical (unpaired) electrons. The maximum atomic E-state index is 13.9. The molecule has 0 aliphatic carbocycles. The minimum atomic E-state index is -5.07. The van der Waals surface area contributed by atoms with Gasteiger partial charge in [0.25, 0.3) is 5.91 Å². The Morgan fingerprint density at radius 2 is 1.49 bits per heavy atom. The maximum Gasteiger partial charge on any atom is 0.417 e. The van der Waals surface area contributed by atoms with Crippen LogP contribution in [-0.4, -0.2) is 53.9 Å². The van der Waals surface area contributed by atoms with E-state index in [-0.39, 0.29) is 47.9 Å². The Morgan fingerprint density at radius 3 is 2.05 bits per heavy atom. The Bertz CT molecular complexity index is 1710. The summed E-state index contributed by atoms with van der Waals surface area (Å²) in [6.07, 6.45) is -4.75. The van der Waals surface area contributed by atoms with Crippen molar-refractivity contribution in [3.05, 3.63) is 83.4 Å². The Balaban J connectivity index is 1.54. The molecule has 3 aromatic carbocycles. The molecule has 43 heavy (non-hydrogen) atoms. The van der Waals surface area contributed by atoms with Crippen LogP contribution in [-0.2, 0) is 31.5 Å². The van der Waals surface area contributed by atoms with Gasteiger partial charge in [-0.25, -0.2) is 21.6 Å². The van der Waals surface area contributed by atoms with Crippen LogP contribution in [0.2, 0.25) is 0 Å². The predicted molar refractivity (Wildman–Crippen MR) is 154 cm³/mol. The smallest absolute Gasteiger partial charge is 0.417 e. The lowest BCUT2D eigenvalue weighted by molar-refractivity contribution is -0.140. The summed E-state index contributed by atoms with van der Waals surface area (Å²) in [5, 5.41) is 0. The summed E-state index contributed by atoms with van der Waals surface area (Å²) in [6, 6.07) is 13.5. The van der Waals surface area contributed by atoms with E-state index in [1.807, 2.05) is 12.1 Å². The molecule has 1 aliphatic heterocycles. The highest BCUT2D eigenvalue weighted by Gasteiger charge is 2.39. The number of halogens is 3. The van der Waals surface area contributed by atoms with Crippen molar-refractivity contribution in [1.82, 2.24) is 9.62 Å². The van der Waals surface area contributed by atoms with Crippen LogP contribution in [0.4, 0.5) is 13.2 Å². The summed E-state index contributed by atoms with van der Waals surface area (Å²) in [7, 11) is -7.89. The van der Waals surface area contributed by atoms with Crippen molar-refractivity contribution >= 4 is 25.8 Å². The van der Waals surface area contributed by atoms with Crippen molar-refractivity contribution in [1.29, 1.82) is 0 Å². The maximum absolute atomic E-state index is 13.9. The highest BCUT2D eigenvalue weighted by Crippen LogP contribution is 2.37. The van der Waals surface area contributed by atoms with Gasteiger partial charge in [0.2, 0.25) is 19.9 Å². The number of rotatable bonds is 7. The number of nitrogens with one attached hydrogen (secondary N) is 1. The minimum absolute atomic E-state index is 0.0815. The molecule has 1 fully saturated rings. The lowest BCUT2D eigenvalue weighted by atomic mass is 9.86. The molecule has 0 spiro atoms. The van der Waals surface area contributed by atoms with Crippen LogP contribution in [0.5, 0.6) is 5.75 Å². The summed E-state index contributed by atoms with van der Waals surface area (Å²) in [4.78, 5) is 12.5. The molecule has 1 saturated heterocycles. The van der Waals surface area contributed by atoms with E-state index < -0.39 is 47.4 Å². The summed E-state index contributed by atoms with van der Waals surface area (Å²) in [5.41, 5.74) is -0.0235. The number of sulfonamides is 1. The van der Waals surface area contributed by atoms with Crippen LogP contribution < -0.4 is 9.46 Å². The normalized spacial score (nSPS) is 15.4. The van der Waals surface area contributed by atoms with E-state index in [9.17, 15) is 34.8 Å². The van der Waals surface area contributed by atoms with Crippen LogP contribution in [0.15, 0.2) is 81.4 Å². The molecule has 1 heterocycles. The number of hydrogen-bond donors (Lipinski definition) is 1. The first-order valence-corrected chi connectivity index (χ1v) is 16.4. The number of carbonyl (C=O) groups excluding carboxylic acids is 1. The molecule has 3 aromatic rings. The Morgan fingerprint density at radius 1 is 0.884 bits per heavy atom. The van der Waals surface area contributed by atoms with Gasteiger partial charge in [-0.3, -0.25) is 4.79 Å². The monoisotopic (exact) mass is 638 g/mol. The lowest BCUT2D eigenvalue weighted by Crippen LogP contribution is -2.46. The van der Waals surface area contributed by atoms with Crippen molar-refractivity contribution in [3.63, 3.8) is 0 Å².